The van der Waals surface area contributed by atoms with Gasteiger partial charge >= 0.3 is 0 Å². The summed E-state index contributed by atoms with van der Waals surface area (Å²) in [7, 11) is 1.68. The highest BCUT2D eigenvalue weighted by molar-refractivity contribution is 5.88. The molecule has 1 amide bonds. The highest BCUT2D eigenvalue weighted by atomic mass is 16.5. The lowest BCUT2D eigenvalue weighted by Gasteiger charge is -2.31. The van der Waals surface area contributed by atoms with Gasteiger partial charge < -0.3 is 24.4 Å². The number of aromatic nitrogens is 2. The second-order valence-electron chi connectivity index (χ2n) is 8.23. The summed E-state index contributed by atoms with van der Waals surface area (Å²) in [5, 5.41) is 3.96. The first-order valence-electron chi connectivity index (χ1n) is 11.2. The fourth-order valence-electron chi connectivity index (χ4n) is 4.33. The molecule has 1 aliphatic heterocycles. The molecule has 31 heavy (non-hydrogen) atoms. The van der Waals surface area contributed by atoms with Gasteiger partial charge in [0.2, 0.25) is 5.91 Å². The Kier molecular flexibility index (Phi) is 7.53. The summed E-state index contributed by atoms with van der Waals surface area (Å²) in [5.41, 5.74) is 1.99. The summed E-state index contributed by atoms with van der Waals surface area (Å²) < 4.78 is 17.0. The molecule has 1 saturated carbocycles. The molecular weight excluding hydrogens is 396 g/mol. The van der Waals surface area contributed by atoms with E-state index in [-0.39, 0.29) is 17.9 Å². The van der Waals surface area contributed by atoms with Crippen LogP contribution in [0.3, 0.4) is 0 Å². The third kappa shape index (κ3) is 5.62. The number of nitrogens with zero attached hydrogens (tertiary/aromatic N) is 3. The zero-order valence-electron chi connectivity index (χ0n) is 18.2. The van der Waals surface area contributed by atoms with Gasteiger partial charge in [0.05, 0.1) is 30.2 Å². The quantitative estimate of drug-likeness (QED) is 0.647. The molecule has 0 bridgehead atoms. The number of morpholine rings is 1. The van der Waals surface area contributed by atoms with Crippen LogP contribution in [-0.4, -0.2) is 68.5 Å². The summed E-state index contributed by atoms with van der Waals surface area (Å²) in [6.07, 6.45) is 7.76. The van der Waals surface area contributed by atoms with Crippen LogP contribution in [0.15, 0.2) is 24.7 Å². The minimum atomic E-state index is 0.0714. The Balaban J connectivity index is 1.39. The highest BCUT2D eigenvalue weighted by Crippen LogP contribution is 2.34. The van der Waals surface area contributed by atoms with Gasteiger partial charge in [-0.15, -0.1) is 0 Å². The Hall–Kier alpha value is -2.45. The number of hydrogen-bond acceptors (Lipinski definition) is 7. The zero-order chi connectivity index (χ0) is 21.5. The van der Waals surface area contributed by atoms with Gasteiger partial charge in [-0.1, -0.05) is 0 Å². The Bertz CT molecular complexity index is 864. The molecule has 1 aromatic carbocycles. The van der Waals surface area contributed by atoms with Crippen molar-refractivity contribution in [3.63, 3.8) is 0 Å². The molecule has 2 fully saturated rings. The largest absolute Gasteiger partial charge is 0.490 e. The Morgan fingerprint density at radius 2 is 2.03 bits per heavy atom. The van der Waals surface area contributed by atoms with Gasteiger partial charge in [-0.3, -0.25) is 4.79 Å². The summed E-state index contributed by atoms with van der Waals surface area (Å²) in [6, 6.07) is 4.20. The predicted molar refractivity (Wildman–Crippen MR) is 118 cm³/mol. The van der Waals surface area contributed by atoms with Crippen LogP contribution in [0.5, 0.6) is 5.75 Å². The number of benzene rings is 1. The molecule has 8 heteroatoms. The first-order chi connectivity index (χ1) is 15.2. The van der Waals surface area contributed by atoms with Crippen LogP contribution in [0, 0.1) is 5.92 Å². The Labute approximate surface area is 183 Å². The first-order valence-corrected chi connectivity index (χ1v) is 11.2. The number of amides is 1. The molecule has 1 N–H and O–H groups in total. The number of hydrogen-bond donors (Lipinski definition) is 1. The van der Waals surface area contributed by atoms with E-state index in [0.29, 0.717) is 13.2 Å². The van der Waals surface area contributed by atoms with Crippen molar-refractivity contribution in [3.8, 4) is 5.75 Å². The van der Waals surface area contributed by atoms with Crippen LogP contribution >= 0.6 is 0 Å². The third-order valence-electron chi connectivity index (χ3n) is 6.11. The van der Waals surface area contributed by atoms with Gasteiger partial charge in [-0.05, 0) is 38.2 Å². The molecule has 2 heterocycles. The lowest BCUT2D eigenvalue weighted by atomic mass is 9.86. The van der Waals surface area contributed by atoms with Gasteiger partial charge in [0, 0.05) is 57.2 Å². The summed E-state index contributed by atoms with van der Waals surface area (Å²) in [4.78, 5) is 23.4. The average Bonchev–Trinajstić information content (AvgIpc) is 2.82. The van der Waals surface area contributed by atoms with Crippen molar-refractivity contribution in [3.05, 3.63) is 24.7 Å². The number of ether oxygens (including phenoxy) is 3. The van der Waals surface area contributed by atoms with Crippen LogP contribution in [0.4, 0.5) is 5.69 Å². The lowest BCUT2D eigenvalue weighted by Crippen LogP contribution is -2.36. The number of nitrogens with one attached hydrogen (secondary N) is 1. The smallest absolute Gasteiger partial charge is 0.223 e. The van der Waals surface area contributed by atoms with Gasteiger partial charge in [-0.25, -0.2) is 9.97 Å². The van der Waals surface area contributed by atoms with Crippen molar-refractivity contribution in [1.82, 2.24) is 15.3 Å². The molecule has 168 valence electrons. The van der Waals surface area contributed by atoms with Gasteiger partial charge in [0.25, 0.3) is 0 Å². The minimum Gasteiger partial charge on any atom is -0.490 e. The number of anilines is 1. The van der Waals surface area contributed by atoms with Gasteiger partial charge in [-0.2, -0.15) is 0 Å². The monoisotopic (exact) mass is 428 g/mol. The molecule has 1 saturated heterocycles. The van der Waals surface area contributed by atoms with E-state index in [1.54, 1.807) is 13.4 Å². The molecule has 1 aromatic heterocycles. The molecule has 0 radical (unpaired) electrons. The second-order valence-corrected chi connectivity index (χ2v) is 8.23. The molecule has 1 aliphatic carbocycles. The Morgan fingerprint density at radius 1 is 1.23 bits per heavy atom. The van der Waals surface area contributed by atoms with Crippen LogP contribution < -0.4 is 15.0 Å². The molecule has 4 rings (SSSR count). The summed E-state index contributed by atoms with van der Waals surface area (Å²) in [5.74, 6) is 1.05. The number of carbonyl (C=O) groups is 1. The predicted octanol–water partition coefficient (Wildman–Crippen LogP) is 2.56. The van der Waals surface area contributed by atoms with E-state index >= 15 is 0 Å². The molecule has 0 unspecified atom stereocenters. The maximum Gasteiger partial charge on any atom is 0.223 e. The topological polar surface area (TPSA) is 85.8 Å². The van der Waals surface area contributed by atoms with E-state index in [0.717, 1.165) is 80.7 Å². The normalized spacial score (nSPS) is 21.8. The molecule has 0 atom stereocenters. The minimum absolute atomic E-state index is 0.0714. The Morgan fingerprint density at radius 3 is 2.81 bits per heavy atom. The van der Waals surface area contributed by atoms with E-state index < -0.39 is 0 Å². The van der Waals surface area contributed by atoms with Gasteiger partial charge in [0.15, 0.2) is 0 Å². The third-order valence-corrected chi connectivity index (χ3v) is 6.11. The van der Waals surface area contributed by atoms with Crippen LogP contribution in [0.2, 0.25) is 0 Å². The molecule has 8 nitrogen and oxygen atoms in total. The maximum absolute atomic E-state index is 12.4. The fourth-order valence-corrected chi connectivity index (χ4v) is 4.33. The van der Waals surface area contributed by atoms with Crippen LogP contribution in [0.25, 0.3) is 10.9 Å². The van der Waals surface area contributed by atoms with Gasteiger partial charge in [0.1, 0.15) is 12.1 Å². The number of carbonyl (C=O) groups excluding carboxylic acids is 1. The lowest BCUT2D eigenvalue weighted by molar-refractivity contribution is -0.126. The summed E-state index contributed by atoms with van der Waals surface area (Å²) in [6.45, 7) is 4.53. The van der Waals surface area contributed by atoms with Crippen molar-refractivity contribution in [2.45, 2.75) is 38.2 Å². The van der Waals surface area contributed by atoms with Crippen molar-refractivity contribution < 1.29 is 19.0 Å². The van der Waals surface area contributed by atoms with Crippen molar-refractivity contribution in [2.75, 3.05) is 51.5 Å². The standard InChI is InChI=1S/C23H32N4O4/c1-29-10-2-7-25-23(28)17-3-5-19(6-4-17)31-22-14-18(27-8-11-30-12-9-27)13-21-20(22)15-24-16-26-21/h13-17,19H,2-12H2,1H3,(H,25,28)/t17-,19+. The van der Waals surface area contributed by atoms with E-state index in [2.05, 4.69) is 32.3 Å². The van der Waals surface area contributed by atoms with Crippen molar-refractivity contribution in [1.29, 1.82) is 0 Å². The number of methoxy groups -OCH3 is 1. The first kappa shape index (κ1) is 21.8. The highest BCUT2D eigenvalue weighted by Gasteiger charge is 2.28. The number of rotatable bonds is 8. The van der Waals surface area contributed by atoms with Crippen molar-refractivity contribution >= 4 is 22.5 Å². The van der Waals surface area contributed by atoms with E-state index in [1.165, 1.54) is 0 Å². The number of fused-ring (bicyclic) bond motifs is 1. The van der Waals surface area contributed by atoms with Crippen LogP contribution in [0.1, 0.15) is 32.1 Å². The van der Waals surface area contributed by atoms with E-state index in [4.69, 9.17) is 14.2 Å². The summed E-state index contributed by atoms with van der Waals surface area (Å²) >= 11 is 0. The average molecular weight is 429 g/mol. The van der Waals surface area contributed by atoms with E-state index in [9.17, 15) is 4.79 Å². The van der Waals surface area contributed by atoms with E-state index in [1.807, 2.05) is 6.20 Å². The zero-order valence-corrected chi connectivity index (χ0v) is 18.2. The van der Waals surface area contributed by atoms with Crippen molar-refractivity contribution in [2.24, 2.45) is 5.92 Å². The second kappa shape index (κ2) is 10.7. The molecule has 2 aliphatic rings. The van der Waals surface area contributed by atoms with Crippen LogP contribution in [-0.2, 0) is 14.3 Å². The molecular formula is C23H32N4O4. The SMILES string of the molecule is COCCCNC(=O)[C@H]1CC[C@@H](Oc2cc(N3CCOCC3)cc3ncncc23)CC1. The molecule has 0 spiro atoms. The molecule has 2 aromatic rings. The fraction of sp³-hybridized carbons (Fsp3) is 0.609. The maximum atomic E-state index is 12.4.